The van der Waals surface area contributed by atoms with Gasteiger partial charge in [0.1, 0.15) is 17.5 Å². The molecule has 0 bridgehead atoms. The maximum absolute atomic E-state index is 4.55. The number of aromatic nitrogens is 2. The van der Waals surface area contributed by atoms with Crippen molar-refractivity contribution in [1.82, 2.24) is 9.97 Å². The molecular weight excluding hydrogens is 212 g/mol. The molecule has 1 aromatic rings. The van der Waals surface area contributed by atoms with Crippen molar-refractivity contribution in [2.45, 2.75) is 46.1 Å². The Labute approximate surface area is 103 Å². The average molecular weight is 234 g/mol. The summed E-state index contributed by atoms with van der Waals surface area (Å²) >= 11 is 0. The highest BCUT2D eigenvalue weighted by atomic mass is 15.2. The summed E-state index contributed by atoms with van der Waals surface area (Å²) in [6, 6.07) is 2.67. The van der Waals surface area contributed by atoms with Crippen molar-refractivity contribution in [2.75, 3.05) is 23.3 Å². The molecule has 1 atom stereocenters. The van der Waals surface area contributed by atoms with Gasteiger partial charge in [0.25, 0.3) is 0 Å². The molecule has 0 amide bonds. The van der Waals surface area contributed by atoms with Crippen molar-refractivity contribution in [1.29, 1.82) is 0 Å². The maximum Gasteiger partial charge on any atom is 0.134 e. The summed E-state index contributed by atoms with van der Waals surface area (Å²) in [6.45, 7) is 8.46. The molecule has 0 saturated carbocycles. The number of hydrogen-bond acceptors (Lipinski definition) is 4. The Kier molecular flexibility index (Phi) is 3.82. The van der Waals surface area contributed by atoms with E-state index in [1.54, 1.807) is 0 Å². The highest BCUT2D eigenvalue weighted by molar-refractivity contribution is 5.50. The molecule has 17 heavy (non-hydrogen) atoms. The molecule has 1 saturated heterocycles. The van der Waals surface area contributed by atoms with Gasteiger partial charge in [-0.15, -0.1) is 0 Å². The molecule has 1 N–H and O–H groups in total. The van der Waals surface area contributed by atoms with Gasteiger partial charge >= 0.3 is 0 Å². The predicted octanol–water partition coefficient (Wildman–Crippen LogP) is 2.60. The molecule has 0 spiro atoms. The molecule has 1 aromatic heterocycles. The van der Waals surface area contributed by atoms with Crippen molar-refractivity contribution in [3.05, 3.63) is 11.9 Å². The van der Waals surface area contributed by atoms with Crippen LogP contribution in [0.5, 0.6) is 0 Å². The third-order valence-corrected chi connectivity index (χ3v) is 3.23. The van der Waals surface area contributed by atoms with Crippen molar-refractivity contribution in [3.8, 4) is 0 Å². The van der Waals surface area contributed by atoms with Gasteiger partial charge in [-0.05, 0) is 33.1 Å². The van der Waals surface area contributed by atoms with E-state index in [1.165, 1.54) is 12.8 Å². The van der Waals surface area contributed by atoms with E-state index in [2.05, 4.69) is 40.1 Å². The second-order valence-electron chi connectivity index (χ2n) is 4.77. The van der Waals surface area contributed by atoms with E-state index in [9.17, 15) is 0 Å². The fourth-order valence-electron chi connectivity index (χ4n) is 2.32. The minimum Gasteiger partial charge on any atom is -0.370 e. The van der Waals surface area contributed by atoms with Gasteiger partial charge < -0.3 is 10.2 Å². The first kappa shape index (κ1) is 12.1. The van der Waals surface area contributed by atoms with Crippen LogP contribution in [-0.2, 0) is 0 Å². The third kappa shape index (κ3) is 2.87. The van der Waals surface area contributed by atoms with Crippen molar-refractivity contribution in [2.24, 2.45) is 0 Å². The summed E-state index contributed by atoms with van der Waals surface area (Å²) < 4.78 is 0. The fraction of sp³-hybridized carbons (Fsp3) is 0.692. The SMILES string of the molecule is CCCNc1cc(N2CCCC2C)nc(C)n1. The van der Waals surface area contributed by atoms with Crippen LogP contribution in [0.1, 0.15) is 38.9 Å². The van der Waals surface area contributed by atoms with E-state index in [1.807, 2.05) is 6.92 Å². The first-order valence-electron chi connectivity index (χ1n) is 6.57. The van der Waals surface area contributed by atoms with Gasteiger partial charge in [-0.3, -0.25) is 0 Å². The monoisotopic (exact) mass is 234 g/mol. The molecule has 2 rings (SSSR count). The van der Waals surface area contributed by atoms with E-state index >= 15 is 0 Å². The largest absolute Gasteiger partial charge is 0.370 e. The van der Waals surface area contributed by atoms with Crippen LogP contribution in [-0.4, -0.2) is 29.1 Å². The molecular formula is C13H22N4. The van der Waals surface area contributed by atoms with Crippen molar-refractivity contribution in [3.63, 3.8) is 0 Å². The van der Waals surface area contributed by atoms with E-state index in [0.29, 0.717) is 6.04 Å². The number of anilines is 2. The lowest BCUT2D eigenvalue weighted by Gasteiger charge is -2.23. The zero-order chi connectivity index (χ0) is 12.3. The number of hydrogen-bond donors (Lipinski definition) is 1. The van der Waals surface area contributed by atoms with E-state index < -0.39 is 0 Å². The predicted molar refractivity (Wildman–Crippen MR) is 71.6 cm³/mol. The first-order chi connectivity index (χ1) is 8.20. The molecule has 4 heteroatoms. The summed E-state index contributed by atoms with van der Waals surface area (Å²) in [5.41, 5.74) is 0. The number of nitrogens with one attached hydrogen (secondary N) is 1. The molecule has 0 aromatic carbocycles. The molecule has 1 aliphatic heterocycles. The highest BCUT2D eigenvalue weighted by Crippen LogP contribution is 2.25. The second-order valence-corrected chi connectivity index (χ2v) is 4.77. The summed E-state index contributed by atoms with van der Waals surface area (Å²) in [6.07, 6.45) is 3.64. The molecule has 94 valence electrons. The highest BCUT2D eigenvalue weighted by Gasteiger charge is 2.22. The van der Waals surface area contributed by atoms with Gasteiger partial charge in [0.15, 0.2) is 0 Å². The van der Waals surface area contributed by atoms with Gasteiger partial charge in [-0.1, -0.05) is 6.92 Å². The van der Waals surface area contributed by atoms with Crippen LogP contribution < -0.4 is 10.2 Å². The Balaban J connectivity index is 2.18. The lowest BCUT2D eigenvalue weighted by atomic mass is 10.2. The average Bonchev–Trinajstić information content (AvgIpc) is 2.72. The van der Waals surface area contributed by atoms with Gasteiger partial charge in [0.05, 0.1) is 0 Å². The smallest absolute Gasteiger partial charge is 0.134 e. The zero-order valence-corrected chi connectivity index (χ0v) is 11.0. The zero-order valence-electron chi connectivity index (χ0n) is 11.0. The standard InChI is InChI=1S/C13H22N4/c1-4-7-14-12-9-13(16-11(3)15-12)17-8-5-6-10(17)2/h9-10H,4-8H2,1-3H3,(H,14,15,16). The molecule has 0 aliphatic carbocycles. The number of aryl methyl sites for hydroxylation is 1. The van der Waals surface area contributed by atoms with E-state index in [4.69, 9.17) is 0 Å². The fourth-order valence-corrected chi connectivity index (χ4v) is 2.32. The van der Waals surface area contributed by atoms with Gasteiger partial charge in [-0.2, -0.15) is 0 Å². The van der Waals surface area contributed by atoms with Gasteiger partial charge in [-0.25, -0.2) is 9.97 Å². The van der Waals surface area contributed by atoms with E-state index in [-0.39, 0.29) is 0 Å². The molecule has 1 unspecified atom stereocenters. The molecule has 1 fully saturated rings. The Morgan fingerprint density at radius 2 is 2.29 bits per heavy atom. The first-order valence-corrected chi connectivity index (χ1v) is 6.57. The second kappa shape index (κ2) is 5.34. The molecule has 0 radical (unpaired) electrons. The minimum atomic E-state index is 0.600. The van der Waals surface area contributed by atoms with Crippen LogP contribution in [0.15, 0.2) is 6.07 Å². The molecule has 4 nitrogen and oxygen atoms in total. The molecule has 2 heterocycles. The van der Waals surface area contributed by atoms with Crippen LogP contribution in [0.2, 0.25) is 0 Å². The van der Waals surface area contributed by atoms with Crippen LogP contribution >= 0.6 is 0 Å². The topological polar surface area (TPSA) is 41.0 Å². The van der Waals surface area contributed by atoms with Crippen LogP contribution in [0.4, 0.5) is 11.6 Å². The summed E-state index contributed by atoms with van der Waals surface area (Å²) in [5.74, 6) is 2.87. The van der Waals surface area contributed by atoms with Crippen LogP contribution in [0.25, 0.3) is 0 Å². The Morgan fingerprint density at radius 3 is 2.94 bits per heavy atom. The Bertz CT molecular complexity index is 378. The van der Waals surface area contributed by atoms with Crippen LogP contribution in [0, 0.1) is 6.92 Å². The lowest BCUT2D eigenvalue weighted by Crippen LogP contribution is -2.27. The van der Waals surface area contributed by atoms with Gasteiger partial charge in [0, 0.05) is 25.2 Å². The van der Waals surface area contributed by atoms with Crippen molar-refractivity contribution < 1.29 is 0 Å². The minimum absolute atomic E-state index is 0.600. The van der Waals surface area contributed by atoms with Crippen molar-refractivity contribution >= 4 is 11.6 Å². The lowest BCUT2D eigenvalue weighted by molar-refractivity contribution is 0.724. The van der Waals surface area contributed by atoms with E-state index in [0.717, 1.165) is 37.0 Å². The van der Waals surface area contributed by atoms with Gasteiger partial charge in [0.2, 0.25) is 0 Å². The molecule has 1 aliphatic rings. The summed E-state index contributed by atoms with van der Waals surface area (Å²) in [4.78, 5) is 11.3. The quantitative estimate of drug-likeness (QED) is 0.869. The number of rotatable bonds is 4. The normalized spacial score (nSPS) is 19.7. The Hall–Kier alpha value is -1.32. The summed E-state index contributed by atoms with van der Waals surface area (Å²) in [7, 11) is 0. The Morgan fingerprint density at radius 1 is 1.47 bits per heavy atom. The third-order valence-electron chi connectivity index (χ3n) is 3.23. The summed E-state index contributed by atoms with van der Waals surface area (Å²) in [5, 5.41) is 3.34. The number of nitrogens with zero attached hydrogens (tertiary/aromatic N) is 3. The maximum atomic E-state index is 4.55. The van der Waals surface area contributed by atoms with Crippen LogP contribution in [0.3, 0.4) is 0 Å².